The van der Waals surface area contributed by atoms with Gasteiger partial charge in [-0.25, -0.2) is 0 Å². The van der Waals surface area contributed by atoms with E-state index in [0.29, 0.717) is 12.3 Å². The standard InChI is InChI=1S/C24H27NO3/c26-22-8-6-18(7-9-22)19-12-14-25(15-13-19)24(28)11-10-23(27)21-5-4-17-2-1-3-20(17)16-21/h4-9,16,19,26H,1-3,10-15H2. The Morgan fingerprint density at radius 1 is 0.929 bits per heavy atom. The lowest BCUT2D eigenvalue weighted by Gasteiger charge is -2.32. The number of fused-ring (bicyclic) bond motifs is 1. The second-order valence-corrected chi connectivity index (χ2v) is 8.01. The average Bonchev–Trinajstić information content (AvgIpc) is 3.20. The number of hydrogen-bond acceptors (Lipinski definition) is 3. The molecule has 0 saturated carbocycles. The number of piperidine rings is 1. The molecule has 1 aliphatic heterocycles. The SMILES string of the molecule is O=C(CCC(=O)N1CCC(c2ccc(O)cc2)CC1)c1ccc2c(c1)CCC2. The van der Waals surface area contributed by atoms with Crippen molar-refractivity contribution in [1.82, 2.24) is 4.90 Å². The largest absolute Gasteiger partial charge is 0.508 e. The summed E-state index contributed by atoms with van der Waals surface area (Å²) in [4.78, 5) is 27.0. The Bertz CT molecular complexity index is 864. The number of carbonyl (C=O) groups excluding carboxylic acids is 2. The van der Waals surface area contributed by atoms with E-state index in [2.05, 4.69) is 6.07 Å². The number of ketones is 1. The first kappa shape index (κ1) is 18.7. The molecule has 0 bridgehead atoms. The normalized spacial score (nSPS) is 16.8. The number of phenolic OH excluding ortho intramolecular Hbond substituents is 1. The van der Waals surface area contributed by atoms with Crippen LogP contribution in [0.15, 0.2) is 42.5 Å². The van der Waals surface area contributed by atoms with Crippen LogP contribution in [0.1, 0.15) is 65.1 Å². The van der Waals surface area contributed by atoms with Crippen molar-refractivity contribution in [3.8, 4) is 5.75 Å². The summed E-state index contributed by atoms with van der Waals surface area (Å²) in [5.41, 5.74) is 4.63. The monoisotopic (exact) mass is 377 g/mol. The highest BCUT2D eigenvalue weighted by Gasteiger charge is 2.24. The molecule has 4 rings (SSSR count). The Hall–Kier alpha value is -2.62. The summed E-state index contributed by atoms with van der Waals surface area (Å²) in [7, 11) is 0. The number of rotatable bonds is 5. The topological polar surface area (TPSA) is 57.6 Å². The fourth-order valence-electron chi connectivity index (χ4n) is 4.48. The van der Waals surface area contributed by atoms with Crippen molar-refractivity contribution in [3.63, 3.8) is 0 Å². The molecule has 1 fully saturated rings. The summed E-state index contributed by atoms with van der Waals surface area (Å²) in [6, 6.07) is 13.4. The summed E-state index contributed by atoms with van der Waals surface area (Å²) in [5, 5.41) is 9.42. The molecule has 0 radical (unpaired) electrons. The van der Waals surface area contributed by atoms with E-state index in [1.165, 1.54) is 23.1 Å². The van der Waals surface area contributed by atoms with Gasteiger partial charge >= 0.3 is 0 Å². The fraction of sp³-hybridized carbons (Fsp3) is 0.417. The third-order valence-electron chi connectivity index (χ3n) is 6.20. The molecule has 2 aromatic carbocycles. The molecule has 146 valence electrons. The minimum absolute atomic E-state index is 0.0713. The molecule has 2 aliphatic rings. The van der Waals surface area contributed by atoms with Crippen LogP contribution in [-0.4, -0.2) is 34.8 Å². The first-order chi connectivity index (χ1) is 13.6. The van der Waals surface area contributed by atoms with Crippen LogP contribution in [0.4, 0.5) is 0 Å². The summed E-state index contributed by atoms with van der Waals surface area (Å²) < 4.78 is 0. The Labute approximate surface area is 166 Å². The maximum atomic E-state index is 12.5. The Morgan fingerprint density at radius 2 is 1.64 bits per heavy atom. The molecule has 1 saturated heterocycles. The molecule has 1 heterocycles. The minimum Gasteiger partial charge on any atom is -0.508 e. The molecule has 0 unspecified atom stereocenters. The van der Waals surface area contributed by atoms with Gasteiger partial charge in [0.05, 0.1) is 0 Å². The Kier molecular flexibility index (Phi) is 5.47. The summed E-state index contributed by atoms with van der Waals surface area (Å²) in [5.74, 6) is 0.864. The van der Waals surface area contributed by atoms with Crippen molar-refractivity contribution in [3.05, 3.63) is 64.7 Å². The summed E-state index contributed by atoms with van der Waals surface area (Å²) in [6.07, 6.45) is 5.78. The number of carbonyl (C=O) groups is 2. The maximum Gasteiger partial charge on any atom is 0.223 e. The van der Waals surface area contributed by atoms with Crippen LogP contribution >= 0.6 is 0 Å². The van der Waals surface area contributed by atoms with Gasteiger partial charge in [0.1, 0.15) is 5.75 Å². The second-order valence-electron chi connectivity index (χ2n) is 8.01. The number of Topliss-reactive ketones (excluding diaryl/α,β-unsaturated/α-hetero) is 1. The van der Waals surface area contributed by atoms with Crippen LogP contribution in [0.3, 0.4) is 0 Å². The van der Waals surface area contributed by atoms with Gasteiger partial charge in [-0.1, -0.05) is 24.3 Å². The molecule has 0 spiro atoms. The van der Waals surface area contributed by atoms with Gasteiger partial charge in [-0.2, -0.15) is 0 Å². The van der Waals surface area contributed by atoms with E-state index >= 15 is 0 Å². The van der Waals surface area contributed by atoms with Crippen molar-refractivity contribution >= 4 is 11.7 Å². The third kappa shape index (κ3) is 4.11. The predicted octanol–water partition coefficient (Wildman–Crippen LogP) is 4.25. The van der Waals surface area contributed by atoms with Crippen LogP contribution in [0.25, 0.3) is 0 Å². The second kappa shape index (κ2) is 8.17. The molecule has 1 amide bonds. The zero-order valence-electron chi connectivity index (χ0n) is 16.2. The third-order valence-corrected chi connectivity index (χ3v) is 6.20. The molecular weight excluding hydrogens is 350 g/mol. The summed E-state index contributed by atoms with van der Waals surface area (Å²) in [6.45, 7) is 1.47. The molecule has 0 aromatic heterocycles. The molecule has 4 nitrogen and oxygen atoms in total. The van der Waals surface area contributed by atoms with Gasteiger partial charge < -0.3 is 10.0 Å². The van der Waals surface area contributed by atoms with Crippen LogP contribution in [0.5, 0.6) is 5.75 Å². The van der Waals surface area contributed by atoms with E-state index in [1.807, 2.05) is 29.2 Å². The number of hydrogen-bond donors (Lipinski definition) is 1. The molecule has 28 heavy (non-hydrogen) atoms. The van der Waals surface area contributed by atoms with Crippen molar-refractivity contribution in [2.45, 2.75) is 50.9 Å². The van der Waals surface area contributed by atoms with Crippen LogP contribution in [0.2, 0.25) is 0 Å². The van der Waals surface area contributed by atoms with Crippen molar-refractivity contribution < 1.29 is 14.7 Å². The van der Waals surface area contributed by atoms with Gasteiger partial charge in [-0.05, 0) is 72.9 Å². The maximum absolute atomic E-state index is 12.5. The number of benzene rings is 2. The molecule has 2 aromatic rings. The zero-order valence-corrected chi connectivity index (χ0v) is 16.2. The van der Waals surface area contributed by atoms with E-state index in [0.717, 1.165) is 44.3 Å². The summed E-state index contributed by atoms with van der Waals surface area (Å²) >= 11 is 0. The number of aryl methyl sites for hydroxylation is 2. The number of nitrogens with zero attached hydrogens (tertiary/aromatic N) is 1. The number of aromatic hydroxyl groups is 1. The van der Waals surface area contributed by atoms with E-state index < -0.39 is 0 Å². The number of likely N-dealkylation sites (tertiary alicyclic amines) is 1. The lowest BCUT2D eigenvalue weighted by molar-refractivity contribution is -0.132. The van der Waals surface area contributed by atoms with Gasteiger partial charge in [0, 0.05) is 31.5 Å². The van der Waals surface area contributed by atoms with Crippen LogP contribution in [0, 0.1) is 0 Å². The van der Waals surface area contributed by atoms with Crippen molar-refractivity contribution in [1.29, 1.82) is 0 Å². The fourth-order valence-corrected chi connectivity index (χ4v) is 4.48. The zero-order chi connectivity index (χ0) is 19.5. The molecular formula is C24H27NO3. The van der Waals surface area contributed by atoms with Crippen molar-refractivity contribution in [2.75, 3.05) is 13.1 Å². The van der Waals surface area contributed by atoms with Gasteiger partial charge in [-0.15, -0.1) is 0 Å². The van der Waals surface area contributed by atoms with E-state index in [-0.39, 0.29) is 23.9 Å². The van der Waals surface area contributed by atoms with E-state index in [4.69, 9.17) is 0 Å². The molecule has 4 heteroatoms. The van der Waals surface area contributed by atoms with Crippen LogP contribution < -0.4 is 0 Å². The van der Waals surface area contributed by atoms with Crippen molar-refractivity contribution in [2.24, 2.45) is 0 Å². The lowest BCUT2D eigenvalue weighted by Crippen LogP contribution is -2.38. The number of phenols is 1. The van der Waals surface area contributed by atoms with Gasteiger partial charge in [0.2, 0.25) is 5.91 Å². The quantitative estimate of drug-likeness (QED) is 0.793. The average molecular weight is 377 g/mol. The van der Waals surface area contributed by atoms with Gasteiger partial charge in [0.15, 0.2) is 5.78 Å². The first-order valence-corrected chi connectivity index (χ1v) is 10.3. The Balaban J connectivity index is 1.26. The van der Waals surface area contributed by atoms with E-state index in [1.54, 1.807) is 12.1 Å². The highest BCUT2D eigenvalue weighted by molar-refractivity contribution is 5.98. The first-order valence-electron chi connectivity index (χ1n) is 10.3. The highest BCUT2D eigenvalue weighted by Crippen LogP contribution is 2.29. The van der Waals surface area contributed by atoms with Crippen LogP contribution in [-0.2, 0) is 17.6 Å². The van der Waals surface area contributed by atoms with Gasteiger partial charge in [0.25, 0.3) is 0 Å². The van der Waals surface area contributed by atoms with Gasteiger partial charge in [-0.3, -0.25) is 9.59 Å². The minimum atomic E-state index is 0.0713. The Morgan fingerprint density at radius 3 is 2.39 bits per heavy atom. The molecule has 1 aliphatic carbocycles. The molecule has 0 atom stereocenters. The lowest BCUT2D eigenvalue weighted by atomic mass is 9.89. The number of amides is 1. The smallest absolute Gasteiger partial charge is 0.223 e. The predicted molar refractivity (Wildman–Crippen MR) is 109 cm³/mol. The molecule has 1 N–H and O–H groups in total. The van der Waals surface area contributed by atoms with E-state index in [9.17, 15) is 14.7 Å². The highest BCUT2D eigenvalue weighted by atomic mass is 16.3.